The van der Waals surface area contributed by atoms with Crippen LogP contribution < -0.4 is 11.5 Å². The number of benzene rings is 2. The van der Waals surface area contributed by atoms with Crippen molar-refractivity contribution >= 4 is 22.1 Å². The number of fused-ring (bicyclic) bond motifs is 1. The minimum absolute atomic E-state index is 0.833. The predicted octanol–water partition coefficient (Wildman–Crippen LogP) is 3.74. The van der Waals surface area contributed by atoms with Gasteiger partial charge in [0.2, 0.25) is 0 Å². The highest BCUT2D eigenvalue weighted by Gasteiger charge is 2.04. The molecule has 0 fully saturated rings. The van der Waals surface area contributed by atoms with E-state index in [4.69, 9.17) is 11.5 Å². The standard InChI is InChI=1S/C15H20N2/c1-2-3-4-6-12-9-13-11(10-15(12)17)7-5-8-14(13)16/h5,7-10H,2-4,6,16-17H2,1H3. The van der Waals surface area contributed by atoms with Gasteiger partial charge in [0, 0.05) is 16.8 Å². The monoisotopic (exact) mass is 228 g/mol. The van der Waals surface area contributed by atoms with Crippen molar-refractivity contribution in [3.05, 3.63) is 35.9 Å². The molecule has 2 aromatic carbocycles. The Labute approximate surface area is 103 Å². The van der Waals surface area contributed by atoms with Crippen LogP contribution >= 0.6 is 0 Å². The molecule has 17 heavy (non-hydrogen) atoms. The maximum absolute atomic E-state index is 6.08. The first kappa shape index (κ1) is 11.8. The Hall–Kier alpha value is -1.70. The fourth-order valence-electron chi connectivity index (χ4n) is 2.19. The second-order valence-electron chi connectivity index (χ2n) is 4.58. The van der Waals surface area contributed by atoms with Crippen molar-refractivity contribution in [1.82, 2.24) is 0 Å². The van der Waals surface area contributed by atoms with E-state index in [-0.39, 0.29) is 0 Å². The zero-order chi connectivity index (χ0) is 12.3. The number of aryl methyl sites for hydroxylation is 1. The van der Waals surface area contributed by atoms with E-state index in [1.807, 2.05) is 18.2 Å². The van der Waals surface area contributed by atoms with Gasteiger partial charge >= 0.3 is 0 Å². The smallest absolute Gasteiger partial charge is 0.0393 e. The third-order valence-electron chi connectivity index (χ3n) is 3.22. The van der Waals surface area contributed by atoms with Crippen molar-refractivity contribution in [1.29, 1.82) is 0 Å². The Bertz CT molecular complexity index is 518. The Morgan fingerprint density at radius 3 is 2.59 bits per heavy atom. The average Bonchev–Trinajstić information content (AvgIpc) is 2.31. The van der Waals surface area contributed by atoms with E-state index in [9.17, 15) is 0 Å². The molecule has 0 unspecified atom stereocenters. The molecule has 0 spiro atoms. The summed E-state index contributed by atoms with van der Waals surface area (Å²) in [5, 5.41) is 2.25. The summed E-state index contributed by atoms with van der Waals surface area (Å²) >= 11 is 0. The molecule has 0 amide bonds. The number of hydrogen-bond acceptors (Lipinski definition) is 2. The summed E-state index contributed by atoms with van der Waals surface area (Å²) in [5.74, 6) is 0. The Morgan fingerprint density at radius 1 is 1.00 bits per heavy atom. The molecule has 0 heterocycles. The normalized spacial score (nSPS) is 10.9. The third-order valence-corrected chi connectivity index (χ3v) is 3.22. The lowest BCUT2D eigenvalue weighted by atomic mass is 10.00. The van der Waals surface area contributed by atoms with Crippen LogP contribution in [-0.4, -0.2) is 0 Å². The Balaban J connectivity index is 2.36. The molecule has 0 saturated heterocycles. The van der Waals surface area contributed by atoms with E-state index in [1.165, 1.54) is 24.8 Å². The van der Waals surface area contributed by atoms with Gasteiger partial charge in [0.1, 0.15) is 0 Å². The minimum Gasteiger partial charge on any atom is -0.398 e. The molecule has 0 aliphatic rings. The number of nitrogens with two attached hydrogens (primary N) is 2. The summed E-state index contributed by atoms with van der Waals surface area (Å²) < 4.78 is 0. The number of nitrogen functional groups attached to an aromatic ring is 2. The van der Waals surface area contributed by atoms with Gasteiger partial charge in [0.15, 0.2) is 0 Å². The topological polar surface area (TPSA) is 52.0 Å². The van der Waals surface area contributed by atoms with E-state index in [0.29, 0.717) is 0 Å². The molecule has 0 bridgehead atoms. The third kappa shape index (κ3) is 2.52. The van der Waals surface area contributed by atoms with Crippen LogP contribution in [0.3, 0.4) is 0 Å². The summed E-state index contributed by atoms with van der Waals surface area (Å²) in [6.07, 6.45) is 4.72. The van der Waals surface area contributed by atoms with E-state index < -0.39 is 0 Å². The summed E-state index contributed by atoms with van der Waals surface area (Å²) in [5.41, 5.74) is 15.0. The van der Waals surface area contributed by atoms with Crippen molar-refractivity contribution in [2.45, 2.75) is 32.6 Å². The van der Waals surface area contributed by atoms with Crippen molar-refractivity contribution in [2.75, 3.05) is 11.5 Å². The zero-order valence-electron chi connectivity index (χ0n) is 10.4. The van der Waals surface area contributed by atoms with Gasteiger partial charge in [0.05, 0.1) is 0 Å². The first-order valence-corrected chi connectivity index (χ1v) is 6.29. The molecule has 0 aliphatic heterocycles. The molecule has 4 N–H and O–H groups in total. The molecule has 0 aromatic heterocycles. The largest absolute Gasteiger partial charge is 0.398 e. The van der Waals surface area contributed by atoms with Crippen LogP contribution in [0.1, 0.15) is 31.7 Å². The lowest BCUT2D eigenvalue weighted by Crippen LogP contribution is -1.96. The molecule has 0 aliphatic carbocycles. The highest BCUT2D eigenvalue weighted by atomic mass is 14.6. The molecule has 0 saturated carbocycles. The van der Waals surface area contributed by atoms with Crippen molar-refractivity contribution in [2.24, 2.45) is 0 Å². The van der Waals surface area contributed by atoms with Crippen LogP contribution in [0.25, 0.3) is 10.8 Å². The van der Waals surface area contributed by atoms with Gasteiger partial charge in [-0.15, -0.1) is 0 Å². The van der Waals surface area contributed by atoms with Crippen LogP contribution in [0.5, 0.6) is 0 Å². The van der Waals surface area contributed by atoms with Crippen molar-refractivity contribution in [3.63, 3.8) is 0 Å². The molecular formula is C15H20N2. The van der Waals surface area contributed by atoms with Gasteiger partial charge in [0.25, 0.3) is 0 Å². The molecule has 2 aromatic rings. The van der Waals surface area contributed by atoms with Crippen molar-refractivity contribution < 1.29 is 0 Å². The molecule has 0 atom stereocenters. The quantitative estimate of drug-likeness (QED) is 0.618. The van der Waals surface area contributed by atoms with Crippen LogP contribution in [0.2, 0.25) is 0 Å². The van der Waals surface area contributed by atoms with E-state index in [1.54, 1.807) is 0 Å². The molecule has 2 nitrogen and oxygen atoms in total. The highest BCUT2D eigenvalue weighted by molar-refractivity contribution is 5.95. The zero-order valence-corrected chi connectivity index (χ0v) is 10.4. The van der Waals surface area contributed by atoms with Crippen LogP contribution in [0.15, 0.2) is 30.3 Å². The number of unbranched alkanes of at least 4 members (excludes halogenated alkanes) is 2. The Kier molecular flexibility index (Phi) is 3.52. The average molecular weight is 228 g/mol. The summed E-state index contributed by atoms with van der Waals surface area (Å²) in [7, 11) is 0. The van der Waals surface area contributed by atoms with Gasteiger partial charge in [-0.3, -0.25) is 0 Å². The van der Waals surface area contributed by atoms with Crippen molar-refractivity contribution in [3.8, 4) is 0 Å². The number of anilines is 2. The number of rotatable bonds is 4. The summed E-state index contributed by atoms with van der Waals surface area (Å²) in [6, 6.07) is 10.1. The molecule has 0 radical (unpaired) electrons. The maximum atomic E-state index is 6.08. The second-order valence-corrected chi connectivity index (χ2v) is 4.58. The fraction of sp³-hybridized carbons (Fsp3) is 0.333. The first-order chi connectivity index (χ1) is 8.22. The van der Waals surface area contributed by atoms with Crippen LogP contribution in [0, 0.1) is 0 Å². The summed E-state index contributed by atoms with van der Waals surface area (Å²) in [6.45, 7) is 2.21. The van der Waals surface area contributed by atoms with E-state index >= 15 is 0 Å². The van der Waals surface area contributed by atoms with Gasteiger partial charge in [-0.05, 0) is 42.0 Å². The van der Waals surface area contributed by atoms with Gasteiger partial charge < -0.3 is 11.5 Å². The predicted molar refractivity (Wildman–Crippen MR) is 76.0 cm³/mol. The minimum atomic E-state index is 0.833. The Morgan fingerprint density at radius 2 is 1.82 bits per heavy atom. The van der Waals surface area contributed by atoms with E-state index in [0.717, 1.165) is 28.6 Å². The molecule has 2 heteroatoms. The fourth-order valence-corrected chi connectivity index (χ4v) is 2.19. The molecular weight excluding hydrogens is 208 g/mol. The number of hydrogen-bond donors (Lipinski definition) is 2. The first-order valence-electron chi connectivity index (χ1n) is 6.29. The van der Waals surface area contributed by atoms with E-state index in [2.05, 4.69) is 19.1 Å². The van der Waals surface area contributed by atoms with Gasteiger partial charge in [-0.2, -0.15) is 0 Å². The highest BCUT2D eigenvalue weighted by Crippen LogP contribution is 2.27. The lowest BCUT2D eigenvalue weighted by molar-refractivity contribution is 0.718. The lowest BCUT2D eigenvalue weighted by Gasteiger charge is -2.09. The van der Waals surface area contributed by atoms with Gasteiger partial charge in [-0.25, -0.2) is 0 Å². The maximum Gasteiger partial charge on any atom is 0.0393 e. The van der Waals surface area contributed by atoms with Crippen LogP contribution in [0.4, 0.5) is 11.4 Å². The SMILES string of the molecule is CCCCCc1cc2c(N)cccc2cc1N. The van der Waals surface area contributed by atoms with Crippen LogP contribution in [-0.2, 0) is 6.42 Å². The summed E-state index contributed by atoms with van der Waals surface area (Å²) in [4.78, 5) is 0. The van der Waals surface area contributed by atoms with Gasteiger partial charge in [-0.1, -0.05) is 31.9 Å². The molecule has 90 valence electrons. The molecule has 2 rings (SSSR count). The second kappa shape index (κ2) is 5.09.